The van der Waals surface area contributed by atoms with E-state index in [9.17, 15) is 4.79 Å². The van der Waals surface area contributed by atoms with Crippen molar-refractivity contribution in [1.82, 2.24) is 34.6 Å². The van der Waals surface area contributed by atoms with Gasteiger partial charge in [0.2, 0.25) is 5.91 Å². The van der Waals surface area contributed by atoms with Gasteiger partial charge in [0.05, 0.1) is 0 Å². The minimum atomic E-state index is -0.408. The highest BCUT2D eigenvalue weighted by Gasteiger charge is 2.15. The Morgan fingerprint density at radius 1 is 1.35 bits per heavy atom. The van der Waals surface area contributed by atoms with E-state index in [4.69, 9.17) is 0 Å². The lowest BCUT2D eigenvalue weighted by atomic mass is 10.2. The van der Waals surface area contributed by atoms with Gasteiger partial charge in [-0.15, -0.1) is 0 Å². The molecular formula is C15H17N7O. The lowest BCUT2D eigenvalue weighted by Gasteiger charge is -2.12. The van der Waals surface area contributed by atoms with Gasteiger partial charge < -0.3 is 5.32 Å². The van der Waals surface area contributed by atoms with Crippen molar-refractivity contribution in [2.24, 2.45) is 0 Å². The number of aromatic nitrogens is 6. The summed E-state index contributed by atoms with van der Waals surface area (Å²) in [4.78, 5) is 24.5. The summed E-state index contributed by atoms with van der Waals surface area (Å²) in [7, 11) is 0. The van der Waals surface area contributed by atoms with Gasteiger partial charge in [-0.3, -0.25) is 9.36 Å². The first-order valence-corrected chi connectivity index (χ1v) is 7.22. The van der Waals surface area contributed by atoms with Crippen LogP contribution in [0.25, 0.3) is 5.82 Å². The molecule has 1 amide bonds. The normalized spacial score (nSPS) is 12.1. The number of hydrogen-bond donors (Lipinski definition) is 1. The van der Waals surface area contributed by atoms with E-state index < -0.39 is 6.04 Å². The third kappa shape index (κ3) is 3.25. The highest BCUT2D eigenvalue weighted by Crippen LogP contribution is 2.10. The van der Waals surface area contributed by atoms with Crippen LogP contribution in [0.3, 0.4) is 0 Å². The molecule has 0 unspecified atom stereocenters. The largest absolute Gasteiger partial charge is 0.350 e. The van der Waals surface area contributed by atoms with E-state index in [0.717, 1.165) is 17.2 Å². The topological polar surface area (TPSA) is 90.5 Å². The van der Waals surface area contributed by atoms with Crippen LogP contribution in [0.5, 0.6) is 0 Å². The molecule has 8 heteroatoms. The number of nitrogens with one attached hydrogen (secondary N) is 1. The SMILES string of the molecule is Cc1nccn1-c1cc(CNC(=O)[C@H](C)n2cncn2)ccn1. The monoisotopic (exact) mass is 311 g/mol. The molecule has 3 aromatic rings. The summed E-state index contributed by atoms with van der Waals surface area (Å²) in [6, 6.07) is 3.39. The molecule has 1 atom stereocenters. The van der Waals surface area contributed by atoms with Gasteiger partial charge in [0.1, 0.15) is 30.3 Å². The van der Waals surface area contributed by atoms with E-state index in [2.05, 4.69) is 25.4 Å². The molecule has 3 rings (SSSR count). The number of carbonyl (C=O) groups is 1. The molecule has 0 spiro atoms. The second kappa shape index (κ2) is 6.39. The second-order valence-corrected chi connectivity index (χ2v) is 5.14. The Bertz CT molecular complexity index is 794. The van der Waals surface area contributed by atoms with Crippen molar-refractivity contribution in [1.29, 1.82) is 0 Å². The predicted molar refractivity (Wildman–Crippen MR) is 82.7 cm³/mol. The number of pyridine rings is 1. The fraction of sp³-hybridized carbons (Fsp3) is 0.267. The number of carbonyl (C=O) groups excluding carboxylic acids is 1. The number of nitrogens with zero attached hydrogens (tertiary/aromatic N) is 6. The molecule has 0 aliphatic rings. The summed E-state index contributed by atoms with van der Waals surface area (Å²) in [5, 5.41) is 6.87. The van der Waals surface area contributed by atoms with E-state index in [1.165, 1.54) is 17.3 Å². The van der Waals surface area contributed by atoms with E-state index in [-0.39, 0.29) is 5.91 Å². The van der Waals surface area contributed by atoms with Crippen LogP contribution in [0.15, 0.2) is 43.4 Å². The van der Waals surface area contributed by atoms with Crippen LogP contribution in [0.4, 0.5) is 0 Å². The molecular weight excluding hydrogens is 294 g/mol. The van der Waals surface area contributed by atoms with Crippen LogP contribution in [-0.2, 0) is 11.3 Å². The van der Waals surface area contributed by atoms with Gasteiger partial charge in [0.15, 0.2) is 0 Å². The van der Waals surface area contributed by atoms with Gasteiger partial charge in [0, 0.05) is 25.1 Å². The Balaban J connectivity index is 1.67. The summed E-state index contributed by atoms with van der Waals surface area (Å²) in [6.45, 7) is 4.11. The van der Waals surface area contributed by atoms with Crippen molar-refractivity contribution in [2.45, 2.75) is 26.4 Å². The Kier molecular flexibility index (Phi) is 4.13. The maximum absolute atomic E-state index is 12.2. The molecule has 118 valence electrons. The molecule has 0 aromatic carbocycles. The van der Waals surface area contributed by atoms with Crippen LogP contribution < -0.4 is 5.32 Å². The molecule has 0 aliphatic carbocycles. The van der Waals surface area contributed by atoms with E-state index in [1.54, 1.807) is 19.3 Å². The van der Waals surface area contributed by atoms with Crippen LogP contribution in [-0.4, -0.2) is 35.2 Å². The summed E-state index contributed by atoms with van der Waals surface area (Å²) >= 11 is 0. The van der Waals surface area contributed by atoms with Crippen molar-refractivity contribution in [2.75, 3.05) is 0 Å². The van der Waals surface area contributed by atoms with Crippen molar-refractivity contribution >= 4 is 5.91 Å². The molecule has 0 radical (unpaired) electrons. The fourth-order valence-corrected chi connectivity index (χ4v) is 2.20. The summed E-state index contributed by atoms with van der Waals surface area (Å²) in [5.41, 5.74) is 0.960. The van der Waals surface area contributed by atoms with Crippen LogP contribution in [0.2, 0.25) is 0 Å². The number of imidazole rings is 1. The standard InChI is InChI=1S/C15H17N7O/c1-11(22-10-16-9-20-22)15(23)19-8-13-3-4-18-14(7-13)21-6-5-17-12(21)2/h3-7,9-11H,8H2,1-2H3,(H,19,23)/t11-/m0/s1. The second-order valence-electron chi connectivity index (χ2n) is 5.14. The summed E-state index contributed by atoms with van der Waals surface area (Å²) < 4.78 is 3.41. The van der Waals surface area contributed by atoms with Crippen molar-refractivity contribution in [3.63, 3.8) is 0 Å². The number of hydrogen-bond acceptors (Lipinski definition) is 5. The van der Waals surface area contributed by atoms with Gasteiger partial charge in [-0.1, -0.05) is 0 Å². The Labute approximate surface area is 133 Å². The minimum absolute atomic E-state index is 0.118. The first kappa shape index (κ1) is 14.9. The van der Waals surface area contributed by atoms with Crippen molar-refractivity contribution in [3.8, 4) is 5.82 Å². The minimum Gasteiger partial charge on any atom is -0.350 e. The van der Waals surface area contributed by atoms with Crippen LogP contribution >= 0.6 is 0 Å². The molecule has 1 N–H and O–H groups in total. The molecule has 0 bridgehead atoms. The number of aryl methyl sites for hydroxylation is 1. The average molecular weight is 311 g/mol. The van der Waals surface area contributed by atoms with E-state index in [0.29, 0.717) is 6.54 Å². The molecule has 23 heavy (non-hydrogen) atoms. The number of rotatable bonds is 5. The molecule has 0 fully saturated rings. The van der Waals surface area contributed by atoms with Gasteiger partial charge in [0.25, 0.3) is 0 Å². The zero-order chi connectivity index (χ0) is 16.2. The maximum Gasteiger partial charge on any atom is 0.244 e. The highest BCUT2D eigenvalue weighted by atomic mass is 16.2. The Hall–Kier alpha value is -3.03. The average Bonchev–Trinajstić information content (AvgIpc) is 3.23. The Morgan fingerprint density at radius 3 is 2.91 bits per heavy atom. The molecule has 8 nitrogen and oxygen atoms in total. The van der Waals surface area contributed by atoms with Crippen LogP contribution in [0, 0.1) is 6.92 Å². The molecule has 3 heterocycles. The molecule has 3 aromatic heterocycles. The van der Waals surface area contributed by atoms with E-state index >= 15 is 0 Å². The molecule has 0 aliphatic heterocycles. The lowest BCUT2D eigenvalue weighted by molar-refractivity contribution is -0.124. The first-order valence-electron chi connectivity index (χ1n) is 7.22. The third-order valence-corrected chi connectivity index (χ3v) is 3.56. The quantitative estimate of drug-likeness (QED) is 0.760. The smallest absolute Gasteiger partial charge is 0.244 e. The third-order valence-electron chi connectivity index (χ3n) is 3.56. The zero-order valence-corrected chi connectivity index (χ0v) is 12.9. The van der Waals surface area contributed by atoms with Crippen molar-refractivity contribution < 1.29 is 4.79 Å². The summed E-state index contributed by atoms with van der Waals surface area (Å²) in [6.07, 6.45) is 8.23. The fourth-order valence-electron chi connectivity index (χ4n) is 2.20. The first-order chi connectivity index (χ1) is 11.1. The molecule has 0 saturated carbocycles. The van der Waals surface area contributed by atoms with Gasteiger partial charge in [-0.25, -0.2) is 19.6 Å². The zero-order valence-electron chi connectivity index (χ0n) is 12.9. The van der Waals surface area contributed by atoms with E-state index in [1.807, 2.05) is 29.8 Å². The van der Waals surface area contributed by atoms with Crippen molar-refractivity contribution in [3.05, 3.63) is 54.8 Å². The number of amides is 1. The van der Waals surface area contributed by atoms with Gasteiger partial charge >= 0.3 is 0 Å². The Morgan fingerprint density at radius 2 is 2.22 bits per heavy atom. The molecule has 0 saturated heterocycles. The highest BCUT2D eigenvalue weighted by molar-refractivity contribution is 5.79. The summed E-state index contributed by atoms with van der Waals surface area (Å²) in [5.74, 6) is 1.52. The maximum atomic E-state index is 12.2. The lowest BCUT2D eigenvalue weighted by Crippen LogP contribution is -2.30. The predicted octanol–water partition coefficient (Wildman–Crippen LogP) is 1.04. The van der Waals surface area contributed by atoms with Gasteiger partial charge in [-0.05, 0) is 31.5 Å². The van der Waals surface area contributed by atoms with Gasteiger partial charge in [-0.2, -0.15) is 5.10 Å². The van der Waals surface area contributed by atoms with Crippen LogP contribution in [0.1, 0.15) is 24.4 Å².